The summed E-state index contributed by atoms with van der Waals surface area (Å²) in [4.78, 5) is 34.1. The number of carbonyl (C=O) groups is 2. The Hall–Kier alpha value is -3.66. The van der Waals surface area contributed by atoms with Gasteiger partial charge in [-0.2, -0.15) is 4.68 Å². The number of cyclic esters (lactones) is 1. The molecule has 0 N–H and O–H groups in total. The maximum Gasteiger partial charge on any atom is 0.338 e. The van der Waals surface area contributed by atoms with E-state index in [1.165, 1.54) is 16.6 Å². The third kappa shape index (κ3) is 4.29. The van der Waals surface area contributed by atoms with Crippen molar-refractivity contribution in [2.24, 2.45) is 0 Å². The van der Waals surface area contributed by atoms with Crippen molar-refractivity contribution < 1.29 is 14.3 Å². The Balaban J connectivity index is 1.03. The first-order valence-corrected chi connectivity index (χ1v) is 12.2. The lowest BCUT2D eigenvalue weighted by molar-refractivity contribution is -0.134. The fourth-order valence-electron chi connectivity index (χ4n) is 5.37. The second-order valence-corrected chi connectivity index (χ2v) is 9.38. The molecule has 0 bridgehead atoms. The molecule has 1 aromatic carbocycles. The van der Waals surface area contributed by atoms with Gasteiger partial charge in [0.1, 0.15) is 6.33 Å². The van der Waals surface area contributed by atoms with Gasteiger partial charge in [-0.05, 0) is 64.1 Å². The van der Waals surface area contributed by atoms with Gasteiger partial charge >= 0.3 is 5.97 Å². The molecule has 4 heterocycles. The van der Waals surface area contributed by atoms with Crippen molar-refractivity contribution in [1.29, 1.82) is 0 Å². The summed E-state index contributed by atoms with van der Waals surface area (Å²) in [5.74, 6) is 0.553. The normalized spacial score (nSPS) is 19.8. The third-order valence-electron chi connectivity index (χ3n) is 7.36. The number of aromatic nitrogens is 5. The third-order valence-corrected chi connectivity index (χ3v) is 7.36. The molecule has 1 unspecified atom stereocenters. The van der Waals surface area contributed by atoms with Gasteiger partial charge in [-0.1, -0.05) is 12.1 Å². The molecular weight excluding hydrogens is 446 g/mol. The second kappa shape index (κ2) is 9.18. The number of nitrogens with zero attached hydrogens (tertiary/aromatic N) is 7. The van der Waals surface area contributed by atoms with E-state index in [-0.39, 0.29) is 17.8 Å². The predicted molar refractivity (Wildman–Crippen MR) is 125 cm³/mol. The summed E-state index contributed by atoms with van der Waals surface area (Å²) < 4.78 is 6.65. The average Bonchev–Trinajstić information content (AvgIpc) is 3.57. The number of tetrazole rings is 1. The van der Waals surface area contributed by atoms with Gasteiger partial charge in [-0.25, -0.2) is 9.78 Å². The van der Waals surface area contributed by atoms with Crippen LogP contribution < -0.4 is 0 Å². The number of aryl methyl sites for hydroxylation is 1. The van der Waals surface area contributed by atoms with Crippen molar-refractivity contribution in [2.75, 3.05) is 39.3 Å². The van der Waals surface area contributed by atoms with Crippen LogP contribution in [0.3, 0.4) is 0 Å². The lowest BCUT2D eigenvalue weighted by Gasteiger charge is -2.36. The average molecular weight is 474 g/mol. The monoisotopic (exact) mass is 473 g/mol. The van der Waals surface area contributed by atoms with Crippen molar-refractivity contribution in [3.05, 3.63) is 64.6 Å². The number of benzene rings is 1. The summed E-state index contributed by atoms with van der Waals surface area (Å²) in [6, 6.07) is 8.05. The van der Waals surface area contributed by atoms with E-state index in [1.54, 1.807) is 0 Å². The molecule has 35 heavy (non-hydrogen) atoms. The summed E-state index contributed by atoms with van der Waals surface area (Å²) in [6.07, 6.45) is 6.74. The van der Waals surface area contributed by atoms with Crippen LogP contribution in [0.25, 0.3) is 5.82 Å². The topological polar surface area (TPSA) is 106 Å². The van der Waals surface area contributed by atoms with Crippen LogP contribution in [0.5, 0.6) is 0 Å². The van der Waals surface area contributed by atoms with Gasteiger partial charge in [-0.3, -0.25) is 9.69 Å². The zero-order valence-electron chi connectivity index (χ0n) is 19.5. The van der Waals surface area contributed by atoms with Crippen molar-refractivity contribution in [2.45, 2.75) is 31.6 Å². The number of hydrogen-bond donors (Lipinski definition) is 0. The Bertz CT molecular complexity index is 1250. The molecule has 2 aliphatic heterocycles. The van der Waals surface area contributed by atoms with Crippen LogP contribution in [0, 0.1) is 0 Å². The van der Waals surface area contributed by atoms with E-state index < -0.39 is 0 Å². The Labute approximate surface area is 202 Å². The smallest absolute Gasteiger partial charge is 0.338 e. The fraction of sp³-hybridized carbons (Fsp3) is 0.440. The largest absolute Gasteiger partial charge is 0.462 e. The number of esters is 1. The summed E-state index contributed by atoms with van der Waals surface area (Å²) in [7, 11) is 0. The maximum atomic E-state index is 13.3. The highest BCUT2D eigenvalue weighted by Crippen LogP contribution is 2.35. The first-order valence-electron chi connectivity index (χ1n) is 12.2. The van der Waals surface area contributed by atoms with Crippen LogP contribution >= 0.6 is 0 Å². The SMILES string of the molecule is O=C1OCCc2cc(CCN3CCN(C(=O)C4CCc5cc(-n6cnnn6)ncc54)CC3)ccc21. The highest BCUT2D eigenvalue weighted by atomic mass is 16.5. The highest BCUT2D eigenvalue weighted by molar-refractivity contribution is 5.92. The number of fused-ring (bicyclic) bond motifs is 2. The molecule has 1 atom stereocenters. The molecule has 3 aliphatic rings. The summed E-state index contributed by atoms with van der Waals surface area (Å²) in [5.41, 5.74) is 5.22. The molecule has 2 aromatic heterocycles. The molecule has 3 aromatic rings. The van der Waals surface area contributed by atoms with Crippen LogP contribution in [-0.4, -0.2) is 86.2 Å². The van der Waals surface area contributed by atoms with Gasteiger partial charge in [0, 0.05) is 45.3 Å². The van der Waals surface area contributed by atoms with Gasteiger partial charge in [0.25, 0.3) is 0 Å². The van der Waals surface area contributed by atoms with Gasteiger partial charge in [-0.15, -0.1) is 5.10 Å². The highest BCUT2D eigenvalue weighted by Gasteiger charge is 2.33. The molecule has 1 aliphatic carbocycles. The van der Waals surface area contributed by atoms with Crippen LogP contribution in [0.4, 0.5) is 0 Å². The summed E-state index contributed by atoms with van der Waals surface area (Å²) in [6.45, 7) is 4.65. The molecular formula is C25H27N7O3. The zero-order valence-corrected chi connectivity index (χ0v) is 19.5. The number of amides is 1. The van der Waals surface area contributed by atoms with E-state index in [0.717, 1.165) is 75.1 Å². The quantitative estimate of drug-likeness (QED) is 0.509. The lowest BCUT2D eigenvalue weighted by Crippen LogP contribution is -2.50. The maximum absolute atomic E-state index is 13.3. The molecule has 0 saturated carbocycles. The number of hydrogen-bond acceptors (Lipinski definition) is 8. The minimum atomic E-state index is -0.216. The fourth-order valence-corrected chi connectivity index (χ4v) is 5.37. The standard InChI is InChI=1S/C25H27N7O3/c33-24(21-4-2-18-14-23(26-15-22(18)21)32-16-27-28-29-32)31-10-8-30(9-11-31)7-5-17-1-3-20-19(13-17)6-12-35-25(20)34/h1,3,13-16,21H,2,4-12H2. The van der Waals surface area contributed by atoms with Crippen LogP contribution in [0.15, 0.2) is 36.8 Å². The number of pyridine rings is 1. The van der Waals surface area contributed by atoms with Gasteiger partial charge in [0.2, 0.25) is 5.91 Å². The van der Waals surface area contributed by atoms with E-state index >= 15 is 0 Å². The van der Waals surface area contributed by atoms with E-state index in [2.05, 4.69) is 31.5 Å². The Morgan fingerprint density at radius 1 is 1.09 bits per heavy atom. The number of carbonyl (C=O) groups excluding carboxylic acids is 2. The summed E-state index contributed by atoms with van der Waals surface area (Å²) >= 11 is 0. The van der Waals surface area contributed by atoms with Gasteiger partial charge in [0.15, 0.2) is 5.82 Å². The van der Waals surface area contributed by atoms with E-state index in [0.29, 0.717) is 18.0 Å². The molecule has 1 amide bonds. The van der Waals surface area contributed by atoms with Crippen molar-refractivity contribution in [3.8, 4) is 5.82 Å². The summed E-state index contributed by atoms with van der Waals surface area (Å²) in [5, 5.41) is 11.2. The predicted octanol–water partition coefficient (Wildman–Crippen LogP) is 1.19. The molecule has 1 saturated heterocycles. The van der Waals surface area contributed by atoms with Crippen LogP contribution in [0.1, 0.15) is 45.0 Å². The minimum absolute atomic E-state index is 0.117. The zero-order chi connectivity index (χ0) is 23.8. The Kier molecular flexibility index (Phi) is 5.73. The lowest BCUT2D eigenvalue weighted by atomic mass is 9.98. The van der Waals surface area contributed by atoms with Crippen LogP contribution in [-0.2, 0) is 28.8 Å². The number of ether oxygens (including phenoxy) is 1. The first-order chi connectivity index (χ1) is 17.2. The first kappa shape index (κ1) is 21.8. The van der Waals surface area contributed by atoms with Crippen molar-refractivity contribution >= 4 is 11.9 Å². The number of piperazine rings is 1. The molecule has 0 spiro atoms. The molecule has 10 nitrogen and oxygen atoms in total. The molecule has 180 valence electrons. The van der Waals surface area contributed by atoms with Crippen LogP contribution in [0.2, 0.25) is 0 Å². The van der Waals surface area contributed by atoms with Gasteiger partial charge in [0.05, 0.1) is 18.1 Å². The van der Waals surface area contributed by atoms with Crippen molar-refractivity contribution in [1.82, 2.24) is 35.0 Å². The minimum Gasteiger partial charge on any atom is -0.462 e. The van der Waals surface area contributed by atoms with Crippen molar-refractivity contribution in [3.63, 3.8) is 0 Å². The Morgan fingerprint density at radius 2 is 1.97 bits per heavy atom. The molecule has 0 radical (unpaired) electrons. The Morgan fingerprint density at radius 3 is 2.80 bits per heavy atom. The van der Waals surface area contributed by atoms with E-state index in [4.69, 9.17) is 4.74 Å². The molecule has 10 heteroatoms. The second-order valence-electron chi connectivity index (χ2n) is 9.38. The number of rotatable bonds is 5. The molecule has 1 fully saturated rings. The van der Waals surface area contributed by atoms with E-state index in [1.807, 2.05) is 29.3 Å². The van der Waals surface area contributed by atoms with E-state index in [9.17, 15) is 9.59 Å². The van der Waals surface area contributed by atoms with Gasteiger partial charge < -0.3 is 9.64 Å². The molecule has 6 rings (SSSR count).